The van der Waals surface area contributed by atoms with Gasteiger partial charge in [-0.05, 0) is 32.1 Å². The van der Waals surface area contributed by atoms with E-state index in [1.807, 2.05) is 11.1 Å². The first kappa shape index (κ1) is 13.4. The number of hydrogen-bond acceptors (Lipinski definition) is 3. The van der Waals surface area contributed by atoms with E-state index in [4.69, 9.17) is 5.73 Å². The van der Waals surface area contributed by atoms with Gasteiger partial charge in [0.1, 0.15) is 5.82 Å². The molecule has 20 heavy (non-hydrogen) atoms. The summed E-state index contributed by atoms with van der Waals surface area (Å²) in [5.41, 5.74) is 5.98. The number of nitrogens with two attached hydrogens (primary N) is 1. The van der Waals surface area contributed by atoms with E-state index in [9.17, 15) is 4.79 Å². The molecule has 6 heteroatoms. The Balaban J connectivity index is 1.52. The third-order valence-electron chi connectivity index (χ3n) is 4.56. The number of aromatic nitrogens is 2. The van der Waals surface area contributed by atoms with Crippen LogP contribution in [0.15, 0.2) is 12.4 Å². The van der Waals surface area contributed by atoms with E-state index in [0.29, 0.717) is 12.5 Å². The van der Waals surface area contributed by atoms with Crippen molar-refractivity contribution in [1.29, 1.82) is 0 Å². The molecule has 1 aliphatic heterocycles. The van der Waals surface area contributed by atoms with Crippen molar-refractivity contribution in [3.05, 3.63) is 18.2 Å². The number of H-pyrrole nitrogens is 1. The van der Waals surface area contributed by atoms with E-state index >= 15 is 0 Å². The van der Waals surface area contributed by atoms with Crippen molar-refractivity contribution in [1.82, 2.24) is 20.2 Å². The normalized spacial score (nSPS) is 25.1. The molecule has 1 unspecified atom stereocenters. The van der Waals surface area contributed by atoms with Crippen LogP contribution < -0.4 is 11.1 Å². The number of carbonyl (C=O) groups is 1. The fourth-order valence-corrected chi connectivity index (χ4v) is 3.06. The van der Waals surface area contributed by atoms with E-state index in [2.05, 4.69) is 15.3 Å². The monoisotopic (exact) mass is 277 g/mol. The number of piperidine rings is 1. The van der Waals surface area contributed by atoms with Crippen molar-refractivity contribution in [2.24, 2.45) is 5.73 Å². The third-order valence-corrected chi connectivity index (χ3v) is 4.56. The van der Waals surface area contributed by atoms with Gasteiger partial charge in [-0.3, -0.25) is 0 Å². The average Bonchev–Trinajstić information content (AvgIpc) is 2.97. The predicted octanol–water partition coefficient (Wildman–Crippen LogP) is 1.18. The first-order valence-corrected chi connectivity index (χ1v) is 7.47. The van der Waals surface area contributed by atoms with Crippen LogP contribution in [0.2, 0.25) is 0 Å². The van der Waals surface area contributed by atoms with E-state index in [1.165, 1.54) is 6.42 Å². The maximum Gasteiger partial charge on any atom is 0.317 e. The maximum absolute atomic E-state index is 12.2. The van der Waals surface area contributed by atoms with Gasteiger partial charge >= 0.3 is 6.03 Å². The number of amides is 2. The Bertz CT molecular complexity index is 454. The average molecular weight is 277 g/mol. The zero-order valence-electron chi connectivity index (χ0n) is 11.8. The number of hydrogen-bond donors (Lipinski definition) is 3. The molecule has 0 aromatic carbocycles. The van der Waals surface area contributed by atoms with Gasteiger partial charge < -0.3 is 20.9 Å². The topological polar surface area (TPSA) is 87.0 Å². The fraction of sp³-hybridized carbons (Fsp3) is 0.714. The molecule has 6 nitrogen and oxygen atoms in total. The Hall–Kier alpha value is -1.56. The molecular formula is C14H23N5O. The molecule has 2 fully saturated rings. The molecule has 1 aromatic rings. The number of urea groups is 1. The molecule has 2 aliphatic rings. The summed E-state index contributed by atoms with van der Waals surface area (Å²) in [5.74, 6) is 1.30. The standard InChI is InChI=1S/C14H23N5O/c15-14(4-2-5-14)10-18-13(20)19-8-1-3-11(9-19)12-16-6-7-17-12/h6-7,11H,1-5,8-10,15H2,(H,16,17)(H,18,20). The highest BCUT2D eigenvalue weighted by atomic mass is 16.2. The summed E-state index contributed by atoms with van der Waals surface area (Å²) >= 11 is 0. The lowest BCUT2D eigenvalue weighted by Crippen LogP contribution is -2.57. The lowest BCUT2D eigenvalue weighted by atomic mass is 9.78. The summed E-state index contributed by atoms with van der Waals surface area (Å²) in [6, 6.07) is 0.0120. The van der Waals surface area contributed by atoms with Crippen molar-refractivity contribution in [3.63, 3.8) is 0 Å². The molecule has 0 spiro atoms. The van der Waals surface area contributed by atoms with Crippen molar-refractivity contribution in [2.45, 2.75) is 43.6 Å². The minimum Gasteiger partial charge on any atom is -0.348 e. The number of nitrogens with zero attached hydrogens (tertiary/aromatic N) is 2. The van der Waals surface area contributed by atoms with Crippen molar-refractivity contribution >= 4 is 6.03 Å². The van der Waals surface area contributed by atoms with Gasteiger partial charge in [0.15, 0.2) is 0 Å². The van der Waals surface area contributed by atoms with Gasteiger partial charge in [0.25, 0.3) is 0 Å². The van der Waals surface area contributed by atoms with Crippen LogP contribution in [-0.4, -0.2) is 46.1 Å². The molecule has 1 aliphatic carbocycles. The van der Waals surface area contributed by atoms with Gasteiger partial charge in [-0.25, -0.2) is 9.78 Å². The van der Waals surface area contributed by atoms with Crippen LogP contribution in [0.3, 0.4) is 0 Å². The van der Waals surface area contributed by atoms with Gasteiger partial charge in [0, 0.05) is 43.5 Å². The Morgan fingerprint density at radius 1 is 1.55 bits per heavy atom. The van der Waals surface area contributed by atoms with E-state index in [1.54, 1.807) is 6.20 Å². The van der Waals surface area contributed by atoms with Gasteiger partial charge in [0.05, 0.1) is 0 Å². The smallest absolute Gasteiger partial charge is 0.317 e. The van der Waals surface area contributed by atoms with Crippen LogP contribution in [0, 0.1) is 0 Å². The zero-order valence-corrected chi connectivity index (χ0v) is 11.8. The van der Waals surface area contributed by atoms with Gasteiger partial charge in [-0.1, -0.05) is 0 Å². The zero-order chi connectivity index (χ0) is 14.0. The molecule has 2 amide bonds. The highest BCUT2D eigenvalue weighted by Gasteiger charge is 2.33. The van der Waals surface area contributed by atoms with E-state index in [-0.39, 0.29) is 11.6 Å². The molecule has 0 radical (unpaired) electrons. The second-order valence-electron chi connectivity index (χ2n) is 6.13. The van der Waals surface area contributed by atoms with Crippen molar-refractivity contribution in [2.75, 3.05) is 19.6 Å². The Kier molecular flexibility index (Phi) is 3.65. The molecular weight excluding hydrogens is 254 g/mol. The first-order chi connectivity index (χ1) is 9.66. The molecule has 110 valence electrons. The van der Waals surface area contributed by atoms with E-state index < -0.39 is 0 Å². The minimum absolute atomic E-state index is 0.0120. The largest absolute Gasteiger partial charge is 0.348 e. The maximum atomic E-state index is 12.2. The third kappa shape index (κ3) is 2.80. The van der Waals surface area contributed by atoms with Crippen molar-refractivity contribution in [3.8, 4) is 0 Å². The molecule has 1 atom stereocenters. The number of carbonyl (C=O) groups excluding carboxylic acids is 1. The second kappa shape index (κ2) is 5.44. The number of aromatic amines is 1. The Morgan fingerprint density at radius 3 is 3.05 bits per heavy atom. The summed E-state index contributed by atoms with van der Waals surface area (Å²) in [6.45, 7) is 2.14. The SMILES string of the molecule is NC1(CNC(=O)N2CCCC(c3ncc[nH]3)C2)CCC1. The summed E-state index contributed by atoms with van der Waals surface area (Å²) in [6.07, 6.45) is 8.91. The van der Waals surface area contributed by atoms with Crippen LogP contribution in [0.5, 0.6) is 0 Å². The van der Waals surface area contributed by atoms with Gasteiger partial charge in [-0.2, -0.15) is 0 Å². The van der Waals surface area contributed by atoms with Crippen molar-refractivity contribution < 1.29 is 4.79 Å². The quantitative estimate of drug-likeness (QED) is 0.775. The Morgan fingerprint density at radius 2 is 2.40 bits per heavy atom. The molecule has 1 aromatic heterocycles. The summed E-state index contributed by atoms with van der Waals surface area (Å²) in [4.78, 5) is 21.6. The van der Waals surface area contributed by atoms with Crippen LogP contribution in [0.1, 0.15) is 43.8 Å². The fourth-order valence-electron chi connectivity index (χ4n) is 3.06. The van der Waals surface area contributed by atoms with Crippen LogP contribution in [0.25, 0.3) is 0 Å². The number of imidazole rings is 1. The van der Waals surface area contributed by atoms with Crippen LogP contribution in [0.4, 0.5) is 4.79 Å². The predicted molar refractivity (Wildman–Crippen MR) is 76.3 cm³/mol. The second-order valence-corrected chi connectivity index (χ2v) is 6.13. The molecule has 3 rings (SSSR count). The first-order valence-electron chi connectivity index (χ1n) is 7.47. The highest BCUT2D eigenvalue weighted by molar-refractivity contribution is 5.74. The minimum atomic E-state index is -0.161. The molecule has 1 saturated heterocycles. The highest BCUT2D eigenvalue weighted by Crippen LogP contribution is 2.28. The van der Waals surface area contributed by atoms with Gasteiger partial charge in [0.2, 0.25) is 0 Å². The molecule has 0 bridgehead atoms. The van der Waals surface area contributed by atoms with Crippen LogP contribution in [-0.2, 0) is 0 Å². The lowest BCUT2D eigenvalue weighted by molar-refractivity contribution is 0.168. The number of rotatable bonds is 3. The summed E-state index contributed by atoms with van der Waals surface area (Å²) < 4.78 is 0. The number of likely N-dealkylation sites (tertiary alicyclic amines) is 1. The molecule has 1 saturated carbocycles. The number of nitrogens with one attached hydrogen (secondary N) is 2. The summed E-state index contributed by atoms with van der Waals surface area (Å²) in [7, 11) is 0. The molecule has 2 heterocycles. The Labute approximate surface area is 119 Å². The summed E-state index contributed by atoms with van der Waals surface area (Å²) in [5, 5.41) is 2.99. The van der Waals surface area contributed by atoms with E-state index in [0.717, 1.165) is 44.6 Å². The molecule has 4 N–H and O–H groups in total. The lowest BCUT2D eigenvalue weighted by Gasteiger charge is -2.39. The van der Waals surface area contributed by atoms with Gasteiger partial charge in [-0.15, -0.1) is 0 Å². The van der Waals surface area contributed by atoms with Crippen LogP contribution >= 0.6 is 0 Å².